The van der Waals surface area contributed by atoms with Gasteiger partial charge >= 0.3 is 0 Å². The van der Waals surface area contributed by atoms with Crippen LogP contribution < -0.4 is 4.74 Å². The molecule has 2 N–H and O–H groups in total. The van der Waals surface area contributed by atoms with Crippen LogP contribution in [0.25, 0.3) is 16.7 Å². The molecule has 1 fully saturated rings. The van der Waals surface area contributed by atoms with E-state index in [1.807, 2.05) is 54.7 Å². The molecule has 3 aromatic carbocycles. The summed E-state index contributed by atoms with van der Waals surface area (Å²) in [6.45, 7) is 0.303. The molecule has 1 amide bonds. The maximum Gasteiger partial charge on any atom is 0.295 e. The number of likely N-dealkylation sites (tertiary alicyclic amines) is 1. The van der Waals surface area contributed by atoms with Crippen LogP contribution in [0, 0.1) is 0 Å². The molecule has 4 aromatic rings. The number of ketones is 1. The lowest BCUT2D eigenvalue weighted by Crippen LogP contribution is -2.31. The molecular formula is C28H23BrN2O4. The zero-order chi connectivity index (χ0) is 24.5. The molecule has 1 unspecified atom stereocenters. The van der Waals surface area contributed by atoms with Crippen LogP contribution in [0.2, 0.25) is 0 Å². The maximum absolute atomic E-state index is 13.2. The molecule has 5 rings (SSSR count). The number of aromatic amines is 1. The molecule has 0 aliphatic carbocycles. The van der Waals surface area contributed by atoms with Gasteiger partial charge in [0.25, 0.3) is 11.7 Å². The van der Waals surface area contributed by atoms with Crippen molar-refractivity contribution in [2.24, 2.45) is 0 Å². The molecule has 0 bridgehead atoms. The van der Waals surface area contributed by atoms with E-state index in [-0.39, 0.29) is 11.3 Å². The Morgan fingerprint density at radius 2 is 1.86 bits per heavy atom. The summed E-state index contributed by atoms with van der Waals surface area (Å²) in [6, 6.07) is 21.4. The normalized spacial score (nSPS) is 17.3. The summed E-state index contributed by atoms with van der Waals surface area (Å²) in [5.41, 5.74) is 3.32. The molecule has 1 aliphatic heterocycles. The largest absolute Gasteiger partial charge is 0.507 e. The maximum atomic E-state index is 13.2. The highest BCUT2D eigenvalue weighted by Crippen LogP contribution is 2.40. The monoisotopic (exact) mass is 530 g/mol. The fourth-order valence-corrected chi connectivity index (χ4v) is 5.03. The number of Topliss-reactive ketones (excluding diaryl/α,β-unsaturated/α-hetero) is 1. The zero-order valence-electron chi connectivity index (χ0n) is 19.0. The van der Waals surface area contributed by atoms with Gasteiger partial charge < -0.3 is 19.7 Å². The molecule has 2 heterocycles. The fourth-order valence-electron chi connectivity index (χ4n) is 4.62. The van der Waals surface area contributed by atoms with Crippen LogP contribution in [0.5, 0.6) is 5.75 Å². The van der Waals surface area contributed by atoms with Gasteiger partial charge in [-0.05, 0) is 47.9 Å². The van der Waals surface area contributed by atoms with Crippen LogP contribution in [-0.2, 0) is 16.0 Å². The third-order valence-electron chi connectivity index (χ3n) is 6.35. The van der Waals surface area contributed by atoms with Crippen LogP contribution in [0.4, 0.5) is 0 Å². The predicted molar refractivity (Wildman–Crippen MR) is 138 cm³/mol. The number of H-pyrrole nitrogens is 1. The lowest BCUT2D eigenvalue weighted by atomic mass is 9.95. The number of methoxy groups -OCH3 is 1. The molecule has 1 aliphatic rings. The molecule has 7 heteroatoms. The number of aliphatic hydroxyl groups is 1. The number of carbonyl (C=O) groups is 2. The standard InChI is InChI=1S/C28H23BrN2O4/c1-35-21-10-11-23-22(15-21)19(16-30-23)12-13-31-25(18-8-5-9-20(29)14-18)24(27(33)28(31)34)26(32)17-6-3-2-4-7-17/h2-11,14-16,25,30,32H,12-13H2,1H3/b26-24-. The van der Waals surface area contributed by atoms with E-state index in [1.165, 1.54) is 0 Å². The van der Waals surface area contributed by atoms with Gasteiger partial charge in [0.2, 0.25) is 0 Å². The SMILES string of the molecule is COc1ccc2[nH]cc(CCN3C(=O)C(=O)/C(=C(\O)c4ccccc4)C3c3cccc(Br)c3)c2c1. The summed E-state index contributed by atoms with van der Waals surface area (Å²) in [6.07, 6.45) is 2.44. The Hall–Kier alpha value is -3.84. The summed E-state index contributed by atoms with van der Waals surface area (Å²) in [5, 5.41) is 12.1. The van der Waals surface area contributed by atoms with E-state index in [2.05, 4.69) is 20.9 Å². The Labute approximate surface area is 211 Å². The number of fused-ring (bicyclic) bond motifs is 1. The van der Waals surface area contributed by atoms with Crippen molar-refractivity contribution in [2.75, 3.05) is 13.7 Å². The summed E-state index contributed by atoms with van der Waals surface area (Å²) in [4.78, 5) is 31.3. The van der Waals surface area contributed by atoms with Crippen LogP contribution in [0.3, 0.4) is 0 Å². The van der Waals surface area contributed by atoms with Gasteiger partial charge in [0.1, 0.15) is 11.5 Å². The smallest absolute Gasteiger partial charge is 0.295 e. The van der Waals surface area contributed by atoms with E-state index in [0.29, 0.717) is 18.5 Å². The number of ether oxygens (including phenoxy) is 1. The fraction of sp³-hybridized carbons (Fsp3) is 0.143. The first-order chi connectivity index (χ1) is 17.0. The number of hydrogen-bond acceptors (Lipinski definition) is 4. The Morgan fingerprint density at radius 1 is 1.06 bits per heavy atom. The van der Waals surface area contributed by atoms with Gasteiger partial charge in [0.15, 0.2) is 0 Å². The van der Waals surface area contributed by atoms with Gasteiger partial charge in [-0.2, -0.15) is 0 Å². The number of nitrogens with zero attached hydrogens (tertiary/aromatic N) is 1. The average molecular weight is 531 g/mol. The van der Waals surface area contributed by atoms with E-state index >= 15 is 0 Å². The van der Waals surface area contributed by atoms with Crippen molar-refractivity contribution < 1.29 is 19.4 Å². The number of rotatable bonds is 6. The molecule has 35 heavy (non-hydrogen) atoms. The van der Waals surface area contributed by atoms with E-state index in [9.17, 15) is 14.7 Å². The average Bonchev–Trinajstić information content (AvgIpc) is 3.40. The molecule has 6 nitrogen and oxygen atoms in total. The number of carbonyl (C=O) groups excluding carboxylic acids is 2. The second-order valence-corrected chi connectivity index (χ2v) is 9.30. The van der Waals surface area contributed by atoms with Crippen molar-refractivity contribution >= 4 is 44.3 Å². The lowest BCUT2D eigenvalue weighted by molar-refractivity contribution is -0.139. The number of nitrogens with one attached hydrogen (secondary N) is 1. The molecule has 1 atom stereocenters. The van der Waals surface area contributed by atoms with E-state index < -0.39 is 17.7 Å². The third kappa shape index (κ3) is 4.23. The van der Waals surface area contributed by atoms with Gasteiger partial charge in [-0.15, -0.1) is 0 Å². The van der Waals surface area contributed by atoms with Gasteiger partial charge in [0.05, 0.1) is 18.7 Å². The first-order valence-corrected chi connectivity index (χ1v) is 12.0. The number of aliphatic hydroxyl groups excluding tert-OH is 1. The number of halogens is 1. The Morgan fingerprint density at radius 3 is 2.60 bits per heavy atom. The number of benzene rings is 3. The van der Waals surface area contributed by atoms with Crippen molar-refractivity contribution in [3.8, 4) is 5.75 Å². The molecule has 1 saturated heterocycles. The van der Waals surface area contributed by atoms with Crippen LogP contribution in [-0.4, -0.2) is 40.3 Å². The second-order valence-electron chi connectivity index (χ2n) is 8.39. The van der Waals surface area contributed by atoms with Crippen LogP contribution in [0.15, 0.2) is 89.0 Å². The van der Waals surface area contributed by atoms with E-state index in [1.54, 1.807) is 36.3 Å². The van der Waals surface area contributed by atoms with Crippen LogP contribution in [0.1, 0.15) is 22.7 Å². The second kappa shape index (κ2) is 9.43. The van der Waals surface area contributed by atoms with Gasteiger partial charge in [-0.1, -0.05) is 58.4 Å². The number of aromatic nitrogens is 1. The third-order valence-corrected chi connectivity index (χ3v) is 6.84. The van der Waals surface area contributed by atoms with Gasteiger partial charge in [-0.3, -0.25) is 9.59 Å². The number of hydrogen-bond donors (Lipinski definition) is 2. The van der Waals surface area contributed by atoms with Gasteiger partial charge in [-0.25, -0.2) is 0 Å². The Kier molecular flexibility index (Phi) is 6.17. The van der Waals surface area contributed by atoms with Crippen molar-refractivity contribution in [3.63, 3.8) is 0 Å². The molecule has 0 spiro atoms. The number of amides is 1. The topological polar surface area (TPSA) is 82.6 Å². The Balaban J connectivity index is 1.55. The molecular weight excluding hydrogens is 508 g/mol. The highest BCUT2D eigenvalue weighted by atomic mass is 79.9. The minimum atomic E-state index is -0.701. The Bertz CT molecular complexity index is 1460. The summed E-state index contributed by atoms with van der Waals surface area (Å²) >= 11 is 3.49. The lowest BCUT2D eigenvalue weighted by Gasteiger charge is -2.25. The van der Waals surface area contributed by atoms with E-state index in [4.69, 9.17) is 4.74 Å². The van der Waals surface area contributed by atoms with E-state index in [0.717, 1.165) is 32.3 Å². The minimum Gasteiger partial charge on any atom is -0.507 e. The molecule has 176 valence electrons. The van der Waals surface area contributed by atoms with Gasteiger partial charge in [0, 0.05) is 33.7 Å². The highest BCUT2D eigenvalue weighted by molar-refractivity contribution is 9.10. The molecule has 1 aromatic heterocycles. The van der Waals surface area contributed by atoms with Crippen molar-refractivity contribution in [1.29, 1.82) is 0 Å². The summed E-state index contributed by atoms with van der Waals surface area (Å²) in [5.74, 6) is -0.731. The summed E-state index contributed by atoms with van der Waals surface area (Å²) in [7, 11) is 1.62. The first-order valence-electron chi connectivity index (χ1n) is 11.2. The minimum absolute atomic E-state index is 0.0971. The quantitative estimate of drug-likeness (QED) is 0.193. The first kappa shape index (κ1) is 22.9. The van der Waals surface area contributed by atoms with Crippen molar-refractivity contribution in [1.82, 2.24) is 9.88 Å². The molecule has 0 radical (unpaired) electrons. The van der Waals surface area contributed by atoms with Crippen LogP contribution >= 0.6 is 15.9 Å². The predicted octanol–water partition coefficient (Wildman–Crippen LogP) is 5.60. The highest BCUT2D eigenvalue weighted by Gasteiger charge is 2.45. The van der Waals surface area contributed by atoms with Crippen molar-refractivity contribution in [2.45, 2.75) is 12.5 Å². The summed E-state index contributed by atoms with van der Waals surface area (Å²) < 4.78 is 6.19. The zero-order valence-corrected chi connectivity index (χ0v) is 20.6. The van der Waals surface area contributed by atoms with Crippen molar-refractivity contribution in [3.05, 3.63) is 106 Å². The molecule has 0 saturated carbocycles.